The predicted molar refractivity (Wildman–Crippen MR) is 106 cm³/mol. The molecule has 1 aliphatic heterocycles. The van der Waals surface area contributed by atoms with Crippen LogP contribution in [0.3, 0.4) is 0 Å². The second kappa shape index (κ2) is 6.80. The fourth-order valence-corrected chi connectivity index (χ4v) is 4.77. The third-order valence-electron chi connectivity index (χ3n) is 5.17. The number of ether oxygens (including phenoxy) is 1. The Labute approximate surface area is 166 Å². The van der Waals surface area contributed by atoms with Crippen LogP contribution in [0.1, 0.15) is 39.9 Å². The molecule has 1 N–H and O–H groups in total. The number of carbonyl (C=O) groups excluding carboxylic acids is 1. The molecule has 1 heterocycles. The van der Waals surface area contributed by atoms with Gasteiger partial charge < -0.3 is 10.1 Å². The first-order valence-corrected chi connectivity index (χ1v) is 9.43. The van der Waals surface area contributed by atoms with E-state index < -0.39 is 0 Å². The lowest BCUT2D eigenvalue weighted by Crippen LogP contribution is -2.31. The topological polar surface area (TPSA) is 38.3 Å². The maximum atomic E-state index is 12.3. The summed E-state index contributed by atoms with van der Waals surface area (Å²) in [5, 5.41) is 5.31. The molecular weight excluding hydrogens is 393 g/mol. The van der Waals surface area contributed by atoms with Gasteiger partial charge in [-0.05, 0) is 47.7 Å². The minimum absolute atomic E-state index is 0.0299. The lowest BCUT2D eigenvalue weighted by Gasteiger charge is -2.39. The number of allylic oxidation sites excluding steroid dienone is 2. The Morgan fingerprint density at radius 2 is 1.96 bits per heavy atom. The molecule has 0 saturated heterocycles. The molecule has 2 aromatic carbocycles. The highest BCUT2D eigenvalue weighted by atomic mass is 35.5. The fourth-order valence-electron chi connectivity index (χ4n) is 4.02. The minimum atomic E-state index is -0.359. The molecule has 26 heavy (non-hydrogen) atoms. The molecule has 0 saturated carbocycles. The van der Waals surface area contributed by atoms with E-state index >= 15 is 0 Å². The largest absolute Gasteiger partial charge is 0.465 e. The van der Waals surface area contributed by atoms with Crippen molar-refractivity contribution >= 4 is 46.5 Å². The lowest BCUT2D eigenvalue weighted by molar-refractivity contribution is 0.0598. The zero-order valence-electron chi connectivity index (χ0n) is 13.9. The number of rotatable bonds is 2. The summed E-state index contributed by atoms with van der Waals surface area (Å²) < 4.78 is 4.96. The maximum absolute atomic E-state index is 12.3. The number of anilines is 1. The Hall–Kier alpha value is -1.68. The predicted octanol–water partition coefficient (Wildman–Crippen LogP) is 6.26. The van der Waals surface area contributed by atoms with E-state index in [2.05, 4.69) is 17.5 Å². The van der Waals surface area contributed by atoms with Crippen LogP contribution in [0.4, 0.5) is 5.69 Å². The molecule has 0 aromatic heterocycles. The second-order valence-electron chi connectivity index (χ2n) is 6.52. The van der Waals surface area contributed by atoms with Gasteiger partial charge in [0.1, 0.15) is 0 Å². The van der Waals surface area contributed by atoms with Crippen LogP contribution in [-0.4, -0.2) is 13.1 Å². The second-order valence-corrected chi connectivity index (χ2v) is 7.77. The van der Waals surface area contributed by atoms with Gasteiger partial charge in [-0.2, -0.15) is 0 Å². The van der Waals surface area contributed by atoms with Crippen LogP contribution in [0.2, 0.25) is 15.1 Å². The molecular formula is C20H16Cl3NO2. The molecule has 3 nitrogen and oxygen atoms in total. The number of hydrogen-bond acceptors (Lipinski definition) is 3. The zero-order valence-corrected chi connectivity index (χ0v) is 16.2. The van der Waals surface area contributed by atoms with E-state index in [9.17, 15) is 4.79 Å². The lowest BCUT2D eigenvalue weighted by atomic mass is 9.75. The third-order valence-corrected chi connectivity index (χ3v) is 6.05. The highest BCUT2D eigenvalue weighted by Gasteiger charge is 2.41. The van der Waals surface area contributed by atoms with Crippen molar-refractivity contribution in [3.8, 4) is 0 Å². The van der Waals surface area contributed by atoms with E-state index in [1.807, 2.05) is 12.1 Å². The van der Waals surface area contributed by atoms with E-state index in [-0.39, 0.29) is 23.8 Å². The number of carbonyl (C=O) groups is 1. The summed E-state index contributed by atoms with van der Waals surface area (Å²) >= 11 is 19.0. The van der Waals surface area contributed by atoms with Crippen LogP contribution >= 0.6 is 34.8 Å². The number of benzene rings is 2. The zero-order chi connectivity index (χ0) is 18.4. The number of esters is 1. The minimum Gasteiger partial charge on any atom is -0.465 e. The van der Waals surface area contributed by atoms with Crippen LogP contribution in [0.15, 0.2) is 42.5 Å². The normalized spacial score (nSPS) is 23.2. The highest BCUT2D eigenvalue weighted by molar-refractivity contribution is 6.35. The van der Waals surface area contributed by atoms with E-state index in [0.29, 0.717) is 20.6 Å². The monoisotopic (exact) mass is 407 g/mol. The number of methoxy groups -OCH3 is 1. The fraction of sp³-hybridized carbons (Fsp3) is 0.250. The van der Waals surface area contributed by atoms with Gasteiger partial charge in [0, 0.05) is 16.0 Å². The van der Waals surface area contributed by atoms with Crippen molar-refractivity contribution in [1.82, 2.24) is 0 Å². The summed E-state index contributed by atoms with van der Waals surface area (Å²) in [6.07, 6.45) is 5.17. The van der Waals surface area contributed by atoms with Crippen molar-refractivity contribution in [3.63, 3.8) is 0 Å². The smallest absolute Gasteiger partial charge is 0.338 e. The van der Waals surface area contributed by atoms with Crippen molar-refractivity contribution in [1.29, 1.82) is 0 Å². The summed E-state index contributed by atoms with van der Waals surface area (Å²) in [5.41, 5.74) is 3.17. The van der Waals surface area contributed by atoms with Gasteiger partial charge in [0.2, 0.25) is 0 Å². The van der Waals surface area contributed by atoms with E-state index in [4.69, 9.17) is 39.5 Å². The first kappa shape index (κ1) is 17.7. The first-order chi connectivity index (χ1) is 12.5. The van der Waals surface area contributed by atoms with Gasteiger partial charge in [-0.25, -0.2) is 4.79 Å². The van der Waals surface area contributed by atoms with Gasteiger partial charge in [-0.1, -0.05) is 53.0 Å². The molecule has 134 valence electrons. The van der Waals surface area contributed by atoms with Gasteiger partial charge in [-0.15, -0.1) is 0 Å². The molecule has 1 aliphatic carbocycles. The summed E-state index contributed by atoms with van der Waals surface area (Å²) in [6.45, 7) is 0. The van der Waals surface area contributed by atoms with Gasteiger partial charge in [0.25, 0.3) is 0 Å². The molecule has 0 amide bonds. The molecule has 2 aliphatic rings. The molecule has 0 fully saturated rings. The Morgan fingerprint density at radius 1 is 1.15 bits per heavy atom. The van der Waals surface area contributed by atoms with Crippen molar-refractivity contribution < 1.29 is 9.53 Å². The molecule has 0 unspecified atom stereocenters. The van der Waals surface area contributed by atoms with Crippen LogP contribution in [0.25, 0.3) is 0 Å². The molecule has 0 radical (unpaired) electrons. The number of nitrogens with one attached hydrogen (secondary N) is 1. The van der Waals surface area contributed by atoms with Crippen molar-refractivity contribution in [2.45, 2.75) is 18.4 Å². The van der Waals surface area contributed by atoms with Crippen molar-refractivity contribution in [3.05, 3.63) is 74.2 Å². The quantitative estimate of drug-likeness (QED) is 0.471. The Balaban J connectivity index is 1.87. The van der Waals surface area contributed by atoms with Gasteiger partial charge in [0.05, 0.1) is 29.4 Å². The van der Waals surface area contributed by atoms with E-state index in [0.717, 1.165) is 23.2 Å². The standard InChI is InChI=1S/C20H16Cl3NO2/c1-26-20(25)14-7-8-15(22)19-17(14)11-3-2-4-12(11)18(24-19)13-6-5-10(21)9-16(13)23/h2-3,5-9,11-12,18,24H,4H2,1H3/t11-,12-,18-/m1/s1. The van der Waals surface area contributed by atoms with Gasteiger partial charge in [0.15, 0.2) is 0 Å². The summed E-state index contributed by atoms with van der Waals surface area (Å²) in [6, 6.07) is 8.95. The Bertz CT molecular complexity index is 926. The summed E-state index contributed by atoms with van der Waals surface area (Å²) in [5.74, 6) is -0.0689. The molecule has 0 bridgehead atoms. The first-order valence-electron chi connectivity index (χ1n) is 8.30. The Kier molecular flexibility index (Phi) is 4.64. The molecule has 2 aromatic rings. The van der Waals surface area contributed by atoms with Crippen LogP contribution in [0.5, 0.6) is 0 Å². The number of hydrogen-bond donors (Lipinski definition) is 1. The van der Waals surface area contributed by atoms with E-state index in [1.165, 1.54) is 7.11 Å². The average Bonchev–Trinajstić information content (AvgIpc) is 3.11. The van der Waals surface area contributed by atoms with Gasteiger partial charge >= 0.3 is 5.97 Å². The van der Waals surface area contributed by atoms with Crippen molar-refractivity contribution in [2.24, 2.45) is 5.92 Å². The van der Waals surface area contributed by atoms with Gasteiger partial charge in [-0.3, -0.25) is 0 Å². The SMILES string of the molecule is COC(=O)c1ccc(Cl)c2c1[C@@H]1C=CC[C@H]1[C@H](c1ccc(Cl)cc1Cl)N2. The Morgan fingerprint density at radius 3 is 2.69 bits per heavy atom. The molecule has 0 spiro atoms. The number of fused-ring (bicyclic) bond motifs is 3. The highest BCUT2D eigenvalue weighted by Crippen LogP contribution is 2.53. The van der Waals surface area contributed by atoms with Crippen molar-refractivity contribution in [2.75, 3.05) is 12.4 Å². The van der Waals surface area contributed by atoms with Crippen LogP contribution in [0, 0.1) is 5.92 Å². The average molecular weight is 409 g/mol. The summed E-state index contributed by atoms with van der Waals surface area (Å²) in [7, 11) is 1.39. The third kappa shape index (κ3) is 2.79. The van der Waals surface area contributed by atoms with Crippen LogP contribution in [-0.2, 0) is 4.74 Å². The molecule has 3 atom stereocenters. The molecule has 4 rings (SSSR count). The summed E-state index contributed by atoms with van der Waals surface area (Å²) in [4.78, 5) is 12.3. The number of halogens is 3. The molecule has 6 heteroatoms. The van der Waals surface area contributed by atoms with E-state index in [1.54, 1.807) is 18.2 Å². The van der Waals surface area contributed by atoms with Crippen LogP contribution < -0.4 is 5.32 Å². The maximum Gasteiger partial charge on any atom is 0.338 e.